The topological polar surface area (TPSA) is 52.9 Å². The van der Waals surface area contributed by atoms with E-state index >= 15 is 0 Å². The van der Waals surface area contributed by atoms with Crippen LogP contribution in [0, 0.1) is 17.1 Å². The monoisotopic (exact) mass is 316 g/mol. The first-order valence-electron chi connectivity index (χ1n) is 7.34. The van der Waals surface area contributed by atoms with Crippen molar-refractivity contribution >= 4 is 28.4 Å². The molecule has 3 nitrogen and oxygen atoms in total. The normalized spacial score (nSPS) is 11.1. The SMILES string of the molecule is N#CC(=Cc1cccc2ccccc12)C(=O)Nc1ccc(F)cc1. The van der Waals surface area contributed by atoms with Crippen molar-refractivity contribution in [3.8, 4) is 6.07 Å². The Balaban J connectivity index is 1.92. The number of amides is 1. The molecule has 24 heavy (non-hydrogen) atoms. The number of nitriles is 1. The summed E-state index contributed by atoms with van der Waals surface area (Å²) < 4.78 is 12.9. The van der Waals surface area contributed by atoms with Gasteiger partial charge in [0.2, 0.25) is 0 Å². The van der Waals surface area contributed by atoms with Crippen molar-refractivity contribution in [2.75, 3.05) is 5.32 Å². The summed E-state index contributed by atoms with van der Waals surface area (Å²) in [6.07, 6.45) is 1.56. The molecule has 4 heteroatoms. The molecule has 0 atom stereocenters. The minimum atomic E-state index is -0.531. The first kappa shape index (κ1) is 15.4. The number of halogens is 1. The second kappa shape index (κ2) is 6.76. The Morgan fingerprint density at radius 2 is 1.71 bits per heavy atom. The van der Waals surface area contributed by atoms with Crippen LogP contribution in [0.4, 0.5) is 10.1 Å². The predicted molar refractivity (Wildman–Crippen MR) is 92.6 cm³/mol. The first-order valence-corrected chi connectivity index (χ1v) is 7.34. The van der Waals surface area contributed by atoms with E-state index in [2.05, 4.69) is 5.32 Å². The number of nitrogens with zero attached hydrogens (tertiary/aromatic N) is 1. The highest BCUT2D eigenvalue weighted by Crippen LogP contribution is 2.21. The molecule has 3 aromatic rings. The zero-order chi connectivity index (χ0) is 16.9. The van der Waals surface area contributed by atoms with Crippen molar-refractivity contribution in [1.82, 2.24) is 0 Å². The summed E-state index contributed by atoms with van der Waals surface area (Å²) >= 11 is 0. The second-order valence-corrected chi connectivity index (χ2v) is 5.20. The maximum Gasteiger partial charge on any atom is 0.266 e. The van der Waals surface area contributed by atoms with Gasteiger partial charge in [0.25, 0.3) is 5.91 Å². The molecular formula is C20H13FN2O. The van der Waals surface area contributed by atoms with Crippen LogP contribution in [0.5, 0.6) is 0 Å². The summed E-state index contributed by atoms with van der Waals surface area (Å²) in [7, 11) is 0. The summed E-state index contributed by atoms with van der Waals surface area (Å²) in [5.74, 6) is -0.920. The van der Waals surface area contributed by atoms with Gasteiger partial charge in [0, 0.05) is 5.69 Å². The molecule has 0 aliphatic carbocycles. The minimum absolute atomic E-state index is 0.0179. The average Bonchev–Trinajstić information content (AvgIpc) is 2.61. The Labute approximate surface area is 138 Å². The second-order valence-electron chi connectivity index (χ2n) is 5.20. The van der Waals surface area contributed by atoms with Crippen molar-refractivity contribution in [3.05, 3.63) is 83.7 Å². The van der Waals surface area contributed by atoms with Crippen LogP contribution < -0.4 is 5.32 Å². The molecule has 0 saturated heterocycles. The van der Waals surface area contributed by atoms with E-state index in [0.29, 0.717) is 5.69 Å². The molecule has 0 saturated carbocycles. The summed E-state index contributed by atoms with van der Waals surface area (Å²) in [4.78, 5) is 12.3. The number of fused-ring (bicyclic) bond motifs is 1. The van der Waals surface area contributed by atoms with E-state index in [9.17, 15) is 14.4 Å². The number of benzene rings is 3. The van der Waals surface area contributed by atoms with E-state index in [4.69, 9.17) is 0 Å². The number of nitrogens with one attached hydrogen (secondary N) is 1. The van der Waals surface area contributed by atoms with Crippen molar-refractivity contribution in [2.45, 2.75) is 0 Å². The maximum absolute atomic E-state index is 12.9. The van der Waals surface area contributed by atoms with Gasteiger partial charge in [0.1, 0.15) is 17.5 Å². The molecule has 0 heterocycles. The highest BCUT2D eigenvalue weighted by Gasteiger charge is 2.10. The summed E-state index contributed by atoms with van der Waals surface area (Å²) in [5.41, 5.74) is 1.20. The Morgan fingerprint density at radius 1 is 1.00 bits per heavy atom. The van der Waals surface area contributed by atoms with E-state index in [0.717, 1.165) is 16.3 Å². The number of hydrogen-bond acceptors (Lipinski definition) is 2. The van der Waals surface area contributed by atoms with Gasteiger partial charge in [-0.3, -0.25) is 4.79 Å². The summed E-state index contributed by atoms with van der Waals surface area (Å²) in [6.45, 7) is 0. The van der Waals surface area contributed by atoms with Crippen LogP contribution in [-0.2, 0) is 4.79 Å². The number of anilines is 1. The van der Waals surface area contributed by atoms with E-state index in [-0.39, 0.29) is 11.4 Å². The lowest BCUT2D eigenvalue weighted by molar-refractivity contribution is -0.112. The number of carbonyl (C=O) groups is 1. The molecule has 0 aromatic heterocycles. The van der Waals surface area contributed by atoms with Gasteiger partial charge in [-0.1, -0.05) is 42.5 Å². The third kappa shape index (κ3) is 3.31. The number of hydrogen-bond donors (Lipinski definition) is 1. The third-order valence-electron chi connectivity index (χ3n) is 3.59. The molecule has 0 spiro atoms. The van der Waals surface area contributed by atoms with E-state index in [1.165, 1.54) is 24.3 Å². The Hall–Kier alpha value is -3.45. The molecule has 0 aliphatic rings. The van der Waals surface area contributed by atoms with Crippen molar-refractivity contribution in [2.24, 2.45) is 0 Å². The Bertz CT molecular complexity index is 964. The van der Waals surface area contributed by atoms with Crippen molar-refractivity contribution in [1.29, 1.82) is 5.26 Å². The van der Waals surface area contributed by atoms with Gasteiger partial charge in [0.05, 0.1) is 0 Å². The van der Waals surface area contributed by atoms with Gasteiger partial charge in [-0.2, -0.15) is 5.26 Å². The highest BCUT2D eigenvalue weighted by atomic mass is 19.1. The van der Waals surface area contributed by atoms with Gasteiger partial charge in [0.15, 0.2) is 0 Å². The van der Waals surface area contributed by atoms with Crippen LogP contribution in [0.3, 0.4) is 0 Å². The number of rotatable bonds is 3. The minimum Gasteiger partial charge on any atom is -0.321 e. The molecule has 3 aromatic carbocycles. The van der Waals surface area contributed by atoms with E-state index in [1.54, 1.807) is 6.08 Å². The smallest absolute Gasteiger partial charge is 0.266 e. The van der Waals surface area contributed by atoms with Crippen LogP contribution >= 0.6 is 0 Å². The molecular weight excluding hydrogens is 303 g/mol. The fourth-order valence-electron chi connectivity index (χ4n) is 2.41. The molecule has 0 bridgehead atoms. The first-order chi connectivity index (χ1) is 11.7. The molecule has 0 unspecified atom stereocenters. The Morgan fingerprint density at radius 3 is 2.46 bits per heavy atom. The van der Waals surface area contributed by atoms with Gasteiger partial charge in [-0.15, -0.1) is 0 Å². The highest BCUT2D eigenvalue weighted by molar-refractivity contribution is 6.10. The number of carbonyl (C=O) groups excluding carboxylic acids is 1. The molecule has 0 aliphatic heterocycles. The van der Waals surface area contributed by atoms with Crippen molar-refractivity contribution in [3.63, 3.8) is 0 Å². The van der Waals surface area contributed by atoms with E-state index < -0.39 is 5.91 Å². The van der Waals surface area contributed by atoms with Gasteiger partial charge in [-0.25, -0.2) is 4.39 Å². The lowest BCUT2D eigenvalue weighted by Crippen LogP contribution is -2.13. The maximum atomic E-state index is 12.9. The molecule has 1 N–H and O–H groups in total. The standard InChI is InChI=1S/C20H13FN2O/c21-17-8-10-18(11-9-17)23-20(24)16(13-22)12-15-6-3-5-14-4-1-2-7-19(14)15/h1-12H,(H,23,24). The zero-order valence-corrected chi connectivity index (χ0v) is 12.7. The fourth-order valence-corrected chi connectivity index (χ4v) is 2.41. The Kier molecular flexibility index (Phi) is 4.35. The van der Waals surface area contributed by atoms with Gasteiger partial charge < -0.3 is 5.32 Å². The molecule has 3 rings (SSSR count). The van der Waals surface area contributed by atoms with Crippen molar-refractivity contribution < 1.29 is 9.18 Å². The van der Waals surface area contributed by atoms with Crippen LogP contribution in [0.25, 0.3) is 16.8 Å². The van der Waals surface area contributed by atoms with Crippen LogP contribution in [0.1, 0.15) is 5.56 Å². The fraction of sp³-hybridized carbons (Fsp3) is 0. The largest absolute Gasteiger partial charge is 0.321 e. The van der Waals surface area contributed by atoms with Gasteiger partial charge in [-0.05, 0) is 46.7 Å². The molecule has 0 fully saturated rings. The zero-order valence-electron chi connectivity index (χ0n) is 12.7. The summed E-state index contributed by atoms with van der Waals surface area (Å²) in [6, 6.07) is 20.7. The third-order valence-corrected chi connectivity index (χ3v) is 3.59. The molecule has 1 amide bonds. The lowest BCUT2D eigenvalue weighted by atomic mass is 10.0. The quantitative estimate of drug-likeness (QED) is 0.570. The van der Waals surface area contributed by atoms with Crippen LogP contribution in [0.15, 0.2) is 72.3 Å². The van der Waals surface area contributed by atoms with Crippen LogP contribution in [0.2, 0.25) is 0 Å². The van der Waals surface area contributed by atoms with Gasteiger partial charge >= 0.3 is 0 Å². The predicted octanol–water partition coefficient (Wildman–Crippen LogP) is 4.52. The van der Waals surface area contributed by atoms with Crippen LogP contribution in [-0.4, -0.2) is 5.91 Å². The summed E-state index contributed by atoms with van der Waals surface area (Å²) in [5, 5.41) is 13.9. The molecule has 116 valence electrons. The average molecular weight is 316 g/mol. The van der Waals surface area contributed by atoms with E-state index in [1.807, 2.05) is 48.5 Å². The molecule has 0 radical (unpaired) electrons. The lowest BCUT2D eigenvalue weighted by Gasteiger charge is -2.05.